The van der Waals surface area contributed by atoms with Crippen molar-refractivity contribution in [2.24, 2.45) is 0 Å². The molecule has 5 nitrogen and oxygen atoms in total. The smallest absolute Gasteiger partial charge is 0.257 e. The largest absolute Gasteiger partial charge is 0.354 e. The Kier molecular flexibility index (Phi) is 4.38. The summed E-state index contributed by atoms with van der Waals surface area (Å²) in [6.45, 7) is 5.45. The highest BCUT2D eigenvalue weighted by molar-refractivity contribution is 6.04. The quantitative estimate of drug-likeness (QED) is 0.911. The van der Waals surface area contributed by atoms with Gasteiger partial charge in [0.25, 0.3) is 11.8 Å². The molecule has 0 aromatic heterocycles. The van der Waals surface area contributed by atoms with E-state index >= 15 is 0 Å². The number of aryl methyl sites for hydroxylation is 2. The summed E-state index contributed by atoms with van der Waals surface area (Å²) in [6.07, 6.45) is 2.11. The van der Waals surface area contributed by atoms with E-state index in [0.717, 1.165) is 30.6 Å². The molecule has 1 atom stereocenters. The van der Waals surface area contributed by atoms with Gasteiger partial charge in [-0.3, -0.25) is 9.59 Å². The minimum Gasteiger partial charge on any atom is -0.354 e. The molecule has 2 aliphatic heterocycles. The molecule has 2 aromatic rings. The number of amides is 2. The van der Waals surface area contributed by atoms with Crippen LogP contribution in [0.1, 0.15) is 50.2 Å². The first-order valence-corrected chi connectivity index (χ1v) is 9.48. The lowest BCUT2D eigenvalue weighted by Gasteiger charge is -2.40. The van der Waals surface area contributed by atoms with Crippen molar-refractivity contribution in [1.29, 1.82) is 0 Å². The van der Waals surface area contributed by atoms with Gasteiger partial charge in [-0.15, -0.1) is 0 Å². The van der Waals surface area contributed by atoms with Crippen LogP contribution in [0.5, 0.6) is 0 Å². The van der Waals surface area contributed by atoms with Gasteiger partial charge in [0.2, 0.25) is 0 Å². The predicted molar refractivity (Wildman–Crippen MR) is 106 cm³/mol. The molecule has 1 fully saturated rings. The molecule has 0 spiro atoms. The SMILES string of the molecule is Cc1ccc(CNC(=O)c2ccc3c(c2)N(C)[C@H]2CCCN2C3=O)cc1C. The number of benzene rings is 2. The second-order valence-electron chi connectivity index (χ2n) is 7.57. The van der Waals surface area contributed by atoms with Gasteiger partial charge < -0.3 is 15.1 Å². The Morgan fingerprint density at radius 3 is 2.74 bits per heavy atom. The fraction of sp³-hybridized carbons (Fsp3) is 0.364. The van der Waals surface area contributed by atoms with Crippen LogP contribution in [0.25, 0.3) is 0 Å². The van der Waals surface area contributed by atoms with E-state index in [1.165, 1.54) is 11.1 Å². The number of hydrogen-bond acceptors (Lipinski definition) is 3. The lowest BCUT2D eigenvalue weighted by atomic mass is 10.0. The monoisotopic (exact) mass is 363 g/mol. The summed E-state index contributed by atoms with van der Waals surface area (Å²) in [5, 5.41) is 2.99. The molecule has 2 amide bonds. The highest BCUT2D eigenvalue weighted by Gasteiger charge is 2.38. The maximum absolute atomic E-state index is 12.7. The fourth-order valence-electron chi connectivity index (χ4n) is 4.05. The van der Waals surface area contributed by atoms with Crippen molar-refractivity contribution in [3.05, 3.63) is 64.2 Å². The molecule has 1 N–H and O–H groups in total. The zero-order valence-corrected chi connectivity index (χ0v) is 16.1. The third kappa shape index (κ3) is 3.07. The summed E-state index contributed by atoms with van der Waals surface area (Å²) in [6, 6.07) is 11.6. The Bertz CT molecular complexity index is 922. The Balaban J connectivity index is 1.53. The van der Waals surface area contributed by atoms with Crippen molar-refractivity contribution < 1.29 is 9.59 Å². The molecule has 0 aliphatic carbocycles. The molecule has 0 bridgehead atoms. The van der Waals surface area contributed by atoms with Crippen LogP contribution in [-0.2, 0) is 6.54 Å². The summed E-state index contributed by atoms with van der Waals surface area (Å²) >= 11 is 0. The average Bonchev–Trinajstić information content (AvgIpc) is 3.17. The lowest BCUT2D eigenvalue weighted by molar-refractivity contribution is 0.0719. The van der Waals surface area contributed by atoms with Crippen molar-refractivity contribution in [1.82, 2.24) is 10.2 Å². The summed E-state index contributed by atoms with van der Waals surface area (Å²) in [7, 11) is 2.00. The van der Waals surface area contributed by atoms with Gasteiger partial charge in [0.05, 0.1) is 11.3 Å². The molecule has 0 radical (unpaired) electrons. The molecule has 0 saturated carbocycles. The van der Waals surface area contributed by atoms with Gasteiger partial charge in [0, 0.05) is 25.7 Å². The van der Waals surface area contributed by atoms with Crippen LogP contribution in [0.4, 0.5) is 5.69 Å². The van der Waals surface area contributed by atoms with Crippen LogP contribution < -0.4 is 10.2 Å². The molecular weight excluding hydrogens is 338 g/mol. The van der Waals surface area contributed by atoms with Gasteiger partial charge >= 0.3 is 0 Å². The van der Waals surface area contributed by atoms with Crippen LogP contribution in [0.2, 0.25) is 0 Å². The Morgan fingerprint density at radius 2 is 1.96 bits per heavy atom. The number of anilines is 1. The molecule has 5 heteroatoms. The highest BCUT2D eigenvalue weighted by atomic mass is 16.2. The Hall–Kier alpha value is -2.82. The number of nitrogens with zero attached hydrogens (tertiary/aromatic N) is 2. The minimum absolute atomic E-state index is 0.0766. The number of rotatable bonds is 3. The van der Waals surface area contributed by atoms with Crippen molar-refractivity contribution >= 4 is 17.5 Å². The topological polar surface area (TPSA) is 52.7 Å². The van der Waals surface area contributed by atoms with Gasteiger partial charge in [-0.1, -0.05) is 18.2 Å². The second kappa shape index (κ2) is 6.72. The van der Waals surface area contributed by atoms with Crippen molar-refractivity contribution in [2.45, 2.75) is 39.4 Å². The van der Waals surface area contributed by atoms with Crippen LogP contribution >= 0.6 is 0 Å². The highest BCUT2D eigenvalue weighted by Crippen LogP contribution is 2.35. The van der Waals surface area contributed by atoms with Crippen molar-refractivity contribution in [2.75, 3.05) is 18.5 Å². The predicted octanol–water partition coefficient (Wildman–Crippen LogP) is 3.25. The lowest BCUT2D eigenvalue weighted by Crippen LogP contribution is -2.50. The van der Waals surface area contributed by atoms with Crippen molar-refractivity contribution in [3.8, 4) is 0 Å². The van der Waals surface area contributed by atoms with E-state index in [1.54, 1.807) is 12.1 Å². The van der Waals surface area contributed by atoms with Gasteiger partial charge in [-0.2, -0.15) is 0 Å². The minimum atomic E-state index is -0.120. The summed E-state index contributed by atoms with van der Waals surface area (Å²) in [5.74, 6) is -0.0431. The van der Waals surface area contributed by atoms with E-state index in [4.69, 9.17) is 0 Å². The van der Waals surface area contributed by atoms with Crippen LogP contribution in [0, 0.1) is 13.8 Å². The Labute approximate surface area is 160 Å². The standard InChI is InChI=1S/C22H25N3O2/c1-14-6-7-16(11-15(14)2)13-23-21(26)17-8-9-18-19(12-17)24(3)20-5-4-10-25(20)22(18)27/h6-9,11-12,20H,4-5,10,13H2,1-3H3,(H,23,26)/t20-/m1/s1. The van der Waals surface area contributed by atoms with Crippen LogP contribution in [-0.4, -0.2) is 36.5 Å². The Morgan fingerprint density at radius 1 is 1.15 bits per heavy atom. The molecule has 4 rings (SSSR count). The number of nitrogens with one attached hydrogen (secondary N) is 1. The number of fused-ring (bicyclic) bond motifs is 2. The molecule has 1 saturated heterocycles. The van der Waals surface area contributed by atoms with E-state index in [1.807, 2.05) is 24.1 Å². The number of hydrogen-bond donors (Lipinski definition) is 1. The zero-order chi connectivity index (χ0) is 19.1. The number of carbonyl (C=O) groups excluding carboxylic acids is 2. The maximum atomic E-state index is 12.7. The molecule has 27 heavy (non-hydrogen) atoms. The van der Waals surface area contributed by atoms with E-state index in [9.17, 15) is 9.59 Å². The maximum Gasteiger partial charge on any atom is 0.257 e. The summed E-state index contributed by atoms with van der Waals surface area (Å²) in [5.41, 5.74) is 5.66. The van der Waals surface area contributed by atoms with Crippen LogP contribution in [0.3, 0.4) is 0 Å². The van der Waals surface area contributed by atoms with Crippen LogP contribution in [0.15, 0.2) is 36.4 Å². The van der Waals surface area contributed by atoms with Gasteiger partial charge in [-0.25, -0.2) is 0 Å². The van der Waals surface area contributed by atoms with E-state index < -0.39 is 0 Å². The van der Waals surface area contributed by atoms with E-state index in [0.29, 0.717) is 17.7 Å². The first-order valence-electron chi connectivity index (χ1n) is 9.48. The molecule has 0 unspecified atom stereocenters. The van der Waals surface area contributed by atoms with E-state index in [2.05, 4.69) is 36.2 Å². The third-order valence-electron chi connectivity index (χ3n) is 5.82. The number of carbonyl (C=O) groups is 2. The van der Waals surface area contributed by atoms with E-state index in [-0.39, 0.29) is 18.0 Å². The second-order valence-corrected chi connectivity index (χ2v) is 7.57. The average molecular weight is 363 g/mol. The first kappa shape index (κ1) is 17.6. The molecule has 2 aromatic carbocycles. The normalized spacial score (nSPS) is 18.3. The summed E-state index contributed by atoms with van der Waals surface area (Å²) < 4.78 is 0. The van der Waals surface area contributed by atoms with Gasteiger partial charge in [-0.05, 0) is 61.6 Å². The molecule has 2 aliphatic rings. The molecular formula is C22H25N3O2. The van der Waals surface area contributed by atoms with Gasteiger partial charge in [0.1, 0.15) is 6.17 Å². The summed E-state index contributed by atoms with van der Waals surface area (Å²) in [4.78, 5) is 29.4. The molecule has 2 heterocycles. The first-order chi connectivity index (χ1) is 13.0. The zero-order valence-electron chi connectivity index (χ0n) is 16.1. The fourth-order valence-corrected chi connectivity index (χ4v) is 4.05. The van der Waals surface area contributed by atoms with Gasteiger partial charge in [0.15, 0.2) is 0 Å². The third-order valence-corrected chi connectivity index (χ3v) is 5.82. The van der Waals surface area contributed by atoms with Crippen molar-refractivity contribution in [3.63, 3.8) is 0 Å². The molecule has 140 valence electrons.